The SMILES string of the molecule is CCCNCc1cc(F)c(SC(C)CO)c(F)c1. The maximum Gasteiger partial charge on any atom is 0.140 e. The summed E-state index contributed by atoms with van der Waals surface area (Å²) in [5, 5.41) is 11.8. The third-order valence-corrected chi connectivity index (χ3v) is 3.57. The number of hydrogen-bond donors (Lipinski definition) is 2. The van der Waals surface area contributed by atoms with E-state index in [1.54, 1.807) is 6.92 Å². The summed E-state index contributed by atoms with van der Waals surface area (Å²) in [5.74, 6) is -1.12. The average Bonchev–Trinajstić information content (AvgIpc) is 2.34. The largest absolute Gasteiger partial charge is 0.395 e. The fourth-order valence-corrected chi connectivity index (χ4v) is 2.29. The Morgan fingerprint density at radius 2 is 1.94 bits per heavy atom. The number of aliphatic hydroxyl groups is 1. The van der Waals surface area contributed by atoms with Crippen molar-refractivity contribution >= 4 is 11.8 Å². The fourth-order valence-electron chi connectivity index (χ4n) is 1.47. The molecule has 0 heterocycles. The predicted octanol–water partition coefficient (Wildman–Crippen LogP) is 2.94. The molecule has 1 unspecified atom stereocenters. The quantitative estimate of drug-likeness (QED) is 0.593. The van der Waals surface area contributed by atoms with Crippen molar-refractivity contribution in [3.63, 3.8) is 0 Å². The Balaban J connectivity index is 2.77. The lowest BCUT2D eigenvalue weighted by Crippen LogP contribution is -2.14. The van der Waals surface area contributed by atoms with Crippen LogP contribution in [0.1, 0.15) is 25.8 Å². The Kier molecular flexibility index (Phi) is 6.60. The first-order chi connectivity index (χ1) is 8.58. The van der Waals surface area contributed by atoms with Crippen molar-refractivity contribution in [1.29, 1.82) is 0 Å². The zero-order chi connectivity index (χ0) is 13.5. The second-order valence-electron chi connectivity index (χ2n) is 4.18. The molecule has 0 saturated heterocycles. The van der Waals surface area contributed by atoms with Gasteiger partial charge in [0, 0.05) is 11.8 Å². The first-order valence-corrected chi connectivity index (χ1v) is 6.92. The van der Waals surface area contributed by atoms with Gasteiger partial charge in [0.2, 0.25) is 0 Å². The van der Waals surface area contributed by atoms with E-state index in [0.717, 1.165) is 24.7 Å². The third-order valence-electron chi connectivity index (χ3n) is 2.39. The van der Waals surface area contributed by atoms with Crippen molar-refractivity contribution in [2.75, 3.05) is 13.2 Å². The molecule has 2 nitrogen and oxygen atoms in total. The van der Waals surface area contributed by atoms with Crippen LogP contribution in [-0.2, 0) is 6.54 Å². The molecule has 1 aromatic rings. The van der Waals surface area contributed by atoms with Crippen LogP contribution in [0, 0.1) is 11.6 Å². The first-order valence-electron chi connectivity index (χ1n) is 6.04. The van der Waals surface area contributed by atoms with Crippen LogP contribution in [0.4, 0.5) is 8.78 Å². The normalized spacial score (nSPS) is 12.7. The molecule has 0 aliphatic heterocycles. The maximum absolute atomic E-state index is 13.7. The summed E-state index contributed by atoms with van der Waals surface area (Å²) in [5.41, 5.74) is 0.597. The van der Waals surface area contributed by atoms with Crippen molar-refractivity contribution in [1.82, 2.24) is 5.32 Å². The van der Waals surface area contributed by atoms with Crippen molar-refractivity contribution in [2.45, 2.75) is 37.0 Å². The van der Waals surface area contributed by atoms with Crippen LogP contribution in [0.25, 0.3) is 0 Å². The molecule has 0 aliphatic carbocycles. The molecule has 0 bridgehead atoms. The number of aliphatic hydroxyl groups excluding tert-OH is 1. The van der Waals surface area contributed by atoms with E-state index < -0.39 is 11.6 Å². The van der Waals surface area contributed by atoms with Crippen molar-refractivity contribution in [3.8, 4) is 0 Å². The van der Waals surface area contributed by atoms with E-state index in [0.29, 0.717) is 12.1 Å². The highest BCUT2D eigenvalue weighted by Crippen LogP contribution is 2.29. The average molecular weight is 275 g/mol. The van der Waals surface area contributed by atoms with Gasteiger partial charge in [0.05, 0.1) is 11.5 Å². The van der Waals surface area contributed by atoms with Crippen LogP contribution < -0.4 is 5.32 Å². The lowest BCUT2D eigenvalue weighted by Gasteiger charge is -2.11. The molecule has 18 heavy (non-hydrogen) atoms. The molecule has 0 radical (unpaired) electrons. The van der Waals surface area contributed by atoms with Crippen LogP contribution in [0.15, 0.2) is 17.0 Å². The zero-order valence-electron chi connectivity index (χ0n) is 10.7. The Labute approximate surface area is 111 Å². The fraction of sp³-hybridized carbons (Fsp3) is 0.538. The minimum atomic E-state index is -0.561. The highest BCUT2D eigenvalue weighted by atomic mass is 32.2. The molecule has 0 spiro atoms. The van der Waals surface area contributed by atoms with E-state index in [2.05, 4.69) is 5.32 Å². The number of rotatable bonds is 7. The molecule has 2 N–H and O–H groups in total. The molecule has 0 amide bonds. The monoisotopic (exact) mass is 275 g/mol. The lowest BCUT2D eigenvalue weighted by molar-refractivity contribution is 0.300. The molecule has 1 aromatic carbocycles. The third kappa shape index (κ3) is 4.55. The predicted molar refractivity (Wildman–Crippen MR) is 70.8 cm³/mol. The summed E-state index contributed by atoms with van der Waals surface area (Å²) < 4.78 is 27.5. The van der Waals surface area contributed by atoms with Crippen LogP contribution >= 0.6 is 11.8 Å². The Morgan fingerprint density at radius 1 is 1.33 bits per heavy atom. The number of nitrogens with one attached hydrogen (secondary N) is 1. The molecule has 0 fully saturated rings. The van der Waals surface area contributed by atoms with Gasteiger partial charge in [-0.1, -0.05) is 13.8 Å². The van der Waals surface area contributed by atoms with Gasteiger partial charge in [-0.15, -0.1) is 11.8 Å². The van der Waals surface area contributed by atoms with E-state index >= 15 is 0 Å². The minimum absolute atomic E-state index is 0.0178. The molecular weight excluding hydrogens is 256 g/mol. The van der Waals surface area contributed by atoms with Gasteiger partial charge in [0.15, 0.2) is 0 Å². The van der Waals surface area contributed by atoms with Crippen LogP contribution in [-0.4, -0.2) is 23.5 Å². The van der Waals surface area contributed by atoms with Gasteiger partial charge in [-0.3, -0.25) is 0 Å². The molecular formula is C13H19F2NOS. The van der Waals surface area contributed by atoms with E-state index in [1.807, 2.05) is 6.92 Å². The smallest absolute Gasteiger partial charge is 0.140 e. The van der Waals surface area contributed by atoms with Gasteiger partial charge in [-0.2, -0.15) is 0 Å². The van der Waals surface area contributed by atoms with E-state index in [9.17, 15) is 8.78 Å². The maximum atomic E-state index is 13.7. The van der Waals surface area contributed by atoms with Gasteiger partial charge >= 0.3 is 0 Å². The second-order valence-corrected chi connectivity index (χ2v) is 5.63. The summed E-state index contributed by atoms with van der Waals surface area (Å²) in [4.78, 5) is -0.0178. The van der Waals surface area contributed by atoms with Gasteiger partial charge < -0.3 is 10.4 Å². The second kappa shape index (κ2) is 7.71. The molecule has 0 saturated carbocycles. The van der Waals surface area contributed by atoms with Crippen molar-refractivity contribution in [2.24, 2.45) is 0 Å². The Hall–Kier alpha value is -0.650. The van der Waals surface area contributed by atoms with Crippen molar-refractivity contribution < 1.29 is 13.9 Å². The number of benzene rings is 1. The highest BCUT2D eigenvalue weighted by molar-refractivity contribution is 8.00. The molecule has 1 rings (SSSR count). The standard InChI is InChI=1S/C13H19F2NOS/c1-3-4-16-7-10-5-11(14)13(12(15)6-10)18-9(2)8-17/h5-6,9,16-17H,3-4,7-8H2,1-2H3. The summed E-state index contributed by atoms with van der Waals surface area (Å²) in [6.07, 6.45) is 0.979. The number of hydrogen-bond acceptors (Lipinski definition) is 3. The van der Waals surface area contributed by atoms with Gasteiger partial charge in [-0.05, 0) is 30.7 Å². The van der Waals surface area contributed by atoms with Crippen molar-refractivity contribution in [3.05, 3.63) is 29.3 Å². The molecule has 5 heteroatoms. The first kappa shape index (κ1) is 15.4. The Morgan fingerprint density at radius 3 is 2.44 bits per heavy atom. The van der Waals surface area contributed by atoms with Crippen LogP contribution in [0.2, 0.25) is 0 Å². The molecule has 0 aromatic heterocycles. The van der Waals surface area contributed by atoms with E-state index in [4.69, 9.17) is 5.11 Å². The number of thioether (sulfide) groups is 1. The molecule has 1 atom stereocenters. The highest BCUT2D eigenvalue weighted by Gasteiger charge is 2.14. The van der Waals surface area contributed by atoms with Crippen LogP contribution in [0.3, 0.4) is 0 Å². The van der Waals surface area contributed by atoms with E-state index in [-0.39, 0.29) is 16.8 Å². The number of halogens is 2. The summed E-state index contributed by atoms with van der Waals surface area (Å²) in [7, 11) is 0. The lowest BCUT2D eigenvalue weighted by atomic mass is 10.2. The van der Waals surface area contributed by atoms with Crippen LogP contribution in [0.5, 0.6) is 0 Å². The van der Waals surface area contributed by atoms with E-state index in [1.165, 1.54) is 12.1 Å². The summed E-state index contributed by atoms with van der Waals surface area (Å²) in [6.45, 7) is 4.93. The minimum Gasteiger partial charge on any atom is -0.395 e. The Bertz CT molecular complexity index is 364. The topological polar surface area (TPSA) is 32.3 Å². The van der Waals surface area contributed by atoms with Gasteiger partial charge in [0.1, 0.15) is 11.6 Å². The zero-order valence-corrected chi connectivity index (χ0v) is 11.5. The summed E-state index contributed by atoms with van der Waals surface area (Å²) >= 11 is 1.01. The molecule has 102 valence electrons. The molecule has 0 aliphatic rings. The summed E-state index contributed by atoms with van der Waals surface area (Å²) in [6, 6.07) is 2.69. The van der Waals surface area contributed by atoms with Gasteiger partial charge in [-0.25, -0.2) is 8.78 Å². The van der Waals surface area contributed by atoms with Gasteiger partial charge in [0.25, 0.3) is 0 Å².